The first-order chi connectivity index (χ1) is 7.15. The van der Waals surface area contributed by atoms with Gasteiger partial charge in [-0.25, -0.2) is 0 Å². The molecule has 15 heavy (non-hydrogen) atoms. The smallest absolute Gasteiger partial charge is 0.171 e. The van der Waals surface area contributed by atoms with Crippen LogP contribution in [0.1, 0.15) is 18.2 Å². The Balaban J connectivity index is 2.74. The Morgan fingerprint density at radius 1 is 1.27 bits per heavy atom. The number of hydrogen-bond donors (Lipinski definition) is 0. The lowest BCUT2D eigenvalue weighted by Crippen LogP contribution is -2.32. The molecule has 0 amide bonds. The molecular formula is C11H18O4. The minimum absolute atomic E-state index is 0.537. The van der Waals surface area contributed by atoms with Crippen molar-refractivity contribution in [2.24, 2.45) is 0 Å². The topological polar surface area (TPSA) is 40.8 Å². The molecule has 0 fully saturated rings. The van der Waals surface area contributed by atoms with Crippen LogP contribution in [0.25, 0.3) is 0 Å². The van der Waals surface area contributed by atoms with Crippen molar-refractivity contribution in [3.8, 4) is 0 Å². The van der Waals surface area contributed by atoms with Gasteiger partial charge in [0.05, 0.1) is 19.3 Å². The average molecular weight is 214 g/mol. The van der Waals surface area contributed by atoms with Gasteiger partial charge in [-0.05, 0) is 13.0 Å². The van der Waals surface area contributed by atoms with Crippen LogP contribution in [0.3, 0.4) is 0 Å². The average Bonchev–Trinajstić information content (AvgIpc) is 2.66. The number of furan rings is 1. The molecule has 0 radical (unpaired) electrons. The summed E-state index contributed by atoms with van der Waals surface area (Å²) < 4.78 is 21.0. The standard InChI is InChI=1S/C11H18O4/c1-11(13-3,14-4)7-10-9(8-12-2)5-6-15-10/h5-6H,7-8H2,1-4H3. The number of methoxy groups -OCH3 is 3. The Morgan fingerprint density at radius 2 is 1.93 bits per heavy atom. The molecular weight excluding hydrogens is 196 g/mol. The summed E-state index contributed by atoms with van der Waals surface area (Å²) in [5, 5.41) is 0. The number of rotatable bonds is 6. The highest BCUT2D eigenvalue weighted by Crippen LogP contribution is 2.21. The van der Waals surface area contributed by atoms with Crippen LogP contribution in [-0.4, -0.2) is 27.1 Å². The summed E-state index contributed by atoms with van der Waals surface area (Å²) in [6, 6.07) is 1.89. The van der Waals surface area contributed by atoms with Crippen LogP contribution in [0.4, 0.5) is 0 Å². The van der Waals surface area contributed by atoms with Crippen molar-refractivity contribution in [1.29, 1.82) is 0 Å². The molecule has 0 saturated heterocycles. The van der Waals surface area contributed by atoms with Gasteiger partial charge in [0, 0.05) is 26.9 Å². The molecule has 0 atom stereocenters. The lowest BCUT2D eigenvalue weighted by Gasteiger charge is -2.25. The third kappa shape index (κ3) is 3.06. The zero-order valence-electron chi connectivity index (χ0n) is 9.70. The van der Waals surface area contributed by atoms with E-state index in [0.29, 0.717) is 13.0 Å². The number of hydrogen-bond acceptors (Lipinski definition) is 4. The van der Waals surface area contributed by atoms with E-state index < -0.39 is 5.79 Å². The highest BCUT2D eigenvalue weighted by molar-refractivity contribution is 5.17. The van der Waals surface area contributed by atoms with Crippen molar-refractivity contribution >= 4 is 0 Å². The second-order valence-corrected chi connectivity index (χ2v) is 3.52. The van der Waals surface area contributed by atoms with Gasteiger partial charge in [-0.2, -0.15) is 0 Å². The van der Waals surface area contributed by atoms with Crippen molar-refractivity contribution in [2.75, 3.05) is 21.3 Å². The van der Waals surface area contributed by atoms with Crippen molar-refractivity contribution in [3.63, 3.8) is 0 Å². The van der Waals surface area contributed by atoms with Gasteiger partial charge in [0.1, 0.15) is 5.76 Å². The molecule has 1 aromatic rings. The third-order valence-electron chi connectivity index (χ3n) is 2.48. The minimum Gasteiger partial charge on any atom is -0.469 e. The monoisotopic (exact) mass is 214 g/mol. The third-order valence-corrected chi connectivity index (χ3v) is 2.48. The Bertz CT molecular complexity index is 289. The van der Waals surface area contributed by atoms with Gasteiger partial charge in [0.15, 0.2) is 5.79 Å². The predicted molar refractivity (Wildman–Crippen MR) is 55.5 cm³/mol. The predicted octanol–water partition coefficient (Wildman–Crippen LogP) is 1.98. The van der Waals surface area contributed by atoms with E-state index in [1.165, 1.54) is 0 Å². The van der Waals surface area contributed by atoms with Crippen LogP contribution >= 0.6 is 0 Å². The summed E-state index contributed by atoms with van der Waals surface area (Å²) in [5.41, 5.74) is 1.03. The first kappa shape index (κ1) is 12.2. The lowest BCUT2D eigenvalue weighted by atomic mass is 10.1. The van der Waals surface area contributed by atoms with Crippen LogP contribution in [0.5, 0.6) is 0 Å². The summed E-state index contributed by atoms with van der Waals surface area (Å²) in [5.74, 6) is 0.184. The molecule has 0 aliphatic carbocycles. The summed E-state index contributed by atoms with van der Waals surface area (Å²) in [4.78, 5) is 0. The molecule has 0 aromatic carbocycles. The van der Waals surface area contributed by atoms with Crippen LogP contribution in [0.15, 0.2) is 16.7 Å². The molecule has 0 N–H and O–H groups in total. The SMILES string of the molecule is COCc1ccoc1CC(C)(OC)OC. The number of ether oxygens (including phenoxy) is 3. The fourth-order valence-corrected chi connectivity index (χ4v) is 1.33. The zero-order valence-corrected chi connectivity index (χ0v) is 9.70. The minimum atomic E-state index is -0.652. The van der Waals surface area contributed by atoms with E-state index in [9.17, 15) is 0 Å². The maximum atomic E-state index is 5.38. The van der Waals surface area contributed by atoms with E-state index in [-0.39, 0.29) is 0 Å². The van der Waals surface area contributed by atoms with Crippen molar-refractivity contribution in [1.82, 2.24) is 0 Å². The maximum Gasteiger partial charge on any atom is 0.171 e. The van der Waals surface area contributed by atoms with E-state index in [1.54, 1.807) is 27.6 Å². The van der Waals surface area contributed by atoms with E-state index >= 15 is 0 Å². The molecule has 86 valence electrons. The van der Waals surface area contributed by atoms with E-state index in [2.05, 4.69) is 0 Å². The highest BCUT2D eigenvalue weighted by Gasteiger charge is 2.26. The molecule has 1 aromatic heterocycles. The largest absolute Gasteiger partial charge is 0.469 e. The van der Waals surface area contributed by atoms with Crippen LogP contribution in [0.2, 0.25) is 0 Å². The molecule has 0 saturated carbocycles. The van der Waals surface area contributed by atoms with Gasteiger partial charge >= 0.3 is 0 Å². The molecule has 0 bridgehead atoms. The van der Waals surface area contributed by atoms with Crippen molar-refractivity contribution in [3.05, 3.63) is 23.7 Å². The van der Waals surface area contributed by atoms with Gasteiger partial charge < -0.3 is 18.6 Å². The van der Waals surface area contributed by atoms with Crippen LogP contribution < -0.4 is 0 Å². The molecule has 1 rings (SSSR count). The molecule has 4 nitrogen and oxygen atoms in total. The highest BCUT2D eigenvalue weighted by atomic mass is 16.7. The zero-order chi connectivity index (χ0) is 11.3. The van der Waals surface area contributed by atoms with Crippen LogP contribution in [-0.2, 0) is 27.2 Å². The molecule has 1 heterocycles. The van der Waals surface area contributed by atoms with Crippen molar-refractivity contribution in [2.45, 2.75) is 25.7 Å². The van der Waals surface area contributed by atoms with Gasteiger partial charge in [-0.15, -0.1) is 0 Å². The quantitative estimate of drug-likeness (QED) is 0.679. The summed E-state index contributed by atoms with van der Waals surface area (Å²) in [6.45, 7) is 2.40. The van der Waals surface area contributed by atoms with Crippen LogP contribution in [0, 0.1) is 0 Å². The Labute approximate surface area is 90.1 Å². The summed E-state index contributed by atoms with van der Waals surface area (Å²) >= 11 is 0. The summed E-state index contributed by atoms with van der Waals surface area (Å²) in [6.07, 6.45) is 2.21. The fourth-order valence-electron chi connectivity index (χ4n) is 1.33. The molecule has 0 unspecified atom stereocenters. The Hall–Kier alpha value is -0.840. The van der Waals surface area contributed by atoms with Gasteiger partial charge in [-0.1, -0.05) is 0 Å². The summed E-state index contributed by atoms with van der Waals surface area (Å²) in [7, 11) is 4.88. The lowest BCUT2D eigenvalue weighted by molar-refractivity contribution is -0.193. The normalized spacial score (nSPS) is 12.0. The van der Waals surface area contributed by atoms with E-state index in [1.807, 2.05) is 13.0 Å². The van der Waals surface area contributed by atoms with E-state index in [0.717, 1.165) is 11.3 Å². The second-order valence-electron chi connectivity index (χ2n) is 3.52. The van der Waals surface area contributed by atoms with Gasteiger partial charge in [0.2, 0.25) is 0 Å². The maximum absolute atomic E-state index is 5.38. The van der Waals surface area contributed by atoms with Crippen molar-refractivity contribution < 1.29 is 18.6 Å². The molecule has 4 heteroatoms. The molecule has 0 aliphatic rings. The molecule has 0 aliphatic heterocycles. The fraction of sp³-hybridized carbons (Fsp3) is 0.636. The molecule has 0 spiro atoms. The first-order valence-corrected chi connectivity index (χ1v) is 4.79. The first-order valence-electron chi connectivity index (χ1n) is 4.79. The van der Waals surface area contributed by atoms with Gasteiger partial charge in [0.25, 0.3) is 0 Å². The Kier molecular flexibility index (Phi) is 4.32. The second kappa shape index (κ2) is 5.30. The van der Waals surface area contributed by atoms with Gasteiger partial charge in [-0.3, -0.25) is 0 Å². The Morgan fingerprint density at radius 3 is 2.47 bits per heavy atom. The van der Waals surface area contributed by atoms with E-state index in [4.69, 9.17) is 18.6 Å².